The molecule has 0 N–H and O–H groups in total. The van der Waals surface area contributed by atoms with Gasteiger partial charge in [0, 0.05) is 26.0 Å². The fraction of sp³-hybridized carbons (Fsp3) is 0.350. The molecular weight excluding hydrogens is 364 g/mol. The highest BCUT2D eigenvalue weighted by Crippen LogP contribution is 2.38. The molecule has 1 aromatic carbocycles. The van der Waals surface area contributed by atoms with Gasteiger partial charge in [-0.2, -0.15) is 0 Å². The van der Waals surface area contributed by atoms with Gasteiger partial charge < -0.3 is 9.64 Å². The highest BCUT2D eigenvalue weighted by molar-refractivity contribution is 6.33. The minimum atomic E-state index is -0.0275. The Morgan fingerprint density at radius 2 is 2.15 bits per heavy atom. The van der Waals surface area contributed by atoms with Crippen LogP contribution in [0.5, 0.6) is 0 Å². The molecule has 0 amide bonds. The third kappa shape index (κ3) is 3.31. The van der Waals surface area contributed by atoms with Gasteiger partial charge in [-0.05, 0) is 31.0 Å². The van der Waals surface area contributed by atoms with Gasteiger partial charge in [0.05, 0.1) is 40.8 Å². The van der Waals surface area contributed by atoms with Crippen LogP contribution >= 0.6 is 11.6 Å². The number of nitrogens with zero attached hydrogens (tertiary/aromatic N) is 4. The lowest BCUT2D eigenvalue weighted by molar-refractivity contribution is 0.184. The van der Waals surface area contributed by atoms with Crippen molar-refractivity contribution in [3.63, 3.8) is 0 Å². The van der Waals surface area contributed by atoms with Crippen molar-refractivity contribution in [3.8, 4) is 0 Å². The fourth-order valence-corrected chi connectivity index (χ4v) is 3.99. The van der Waals surface area contributed by atoms with Crippen molar-refractivity contribution in [3.05, 3.63) is 63.9 Å². The van der Waals surface area contributed by atoms with Crippen LogP contribution in [0.15, 0.2) is 47.5 Å². The Bertz CT molecular complexity index is 1020. The van der Waals surface area contributed by atoms with Gasteiger partial charge in [0.2, 0.25) is 0 Å². The minimum absolute atomic E-state index is 0.0148. The van der Waals surface area contributed by atoms with Crippen LogP contribution < -0.4 is 10.5 Å². The predicted octanol–water partition coefficient (Wildman–Crippen LogP) is 3.43. The van der Waals surface area contributed by atoms with Crippen LogP contribution in [0, 0.1) is 0 Å². The maximum Gasteiger partial charge on any atom is 0.261 e. The molecule has 1 unspecified atom stereocenters. The van der Waals surface area contributed by atoms with E-state index in [-0.39, 0.29) is 11.6 Å². The first-order valence-electron chi connectivity index (χ1n) is 9.05. The summed E-state index contributed by atoms with van der Waals surface area (Å²) in [4.78, 5) is 24.3. The molecule has 0 spiro atoms. The maximum absolute atomic E-state index is 13.1. The number of methoxy groups -OCH3 is 1. The zero-order valence-electron chi connectivity index (χ0n) is 15.1. The number of aromatic nitrogens is 3. The first-order valence-corrected chi connectivity index (χ1v) is 9.43. The molecule has 140 valence electrons. The third-order valence-corrected chi connectivity index (χ3v) is 5.31. The van der Waals surface area contributed by atoms with Crippen LogP contribution in [0.25, 0.3) is 10.9 Å². The van der Waals surface area contributed by atoms with Crippen molar-refractivity contribution >= 4 is 28.2 Å². The number of fused-ring (bicyclic) bond motifs is 1. The third-order valence-electron chi connectivity index (χ3n) is 5.02. The average Bonchev–Trinajstić information content (AvgIpc) is 3.17. The molecule has 2 aromatic heterocycles. The molecule has 1 atom stereocenters. The van der Waals surface area contributed by atoms with Gasteiger partial charge in [-0.15, -0.1) is 0 Å². The molecule has 6 nitrogen and oxygen atoms in total. The molecule has 1 aliphatic rings. The highest BCUT2D eigenvalue weighted by atomic mass is 35.5. The number of anilines is 1. The first kappa shape index (κ1) is 17.9. The second-order valence-electron chi connectivity index (χ2n) is 6.62. The Hall–Kier alpha value is -2.44. The summed E-state index contributed by atoms with van der Waals surface area (Å²) in [7, 11) is 1.64. The molecular formula is C20H21ClN4O2. The largest absolute Gasteiger partial charge is 0.383 e. The van der Waals surface area contributed by atoms with E-state index in [0.717, 1.165) is 36.4 Å². The average molecular weight is 385 g/mol. The van der Waals surface area contributed by atoms with Gasteiger partial charge in [0.25, 0.3) is 5.56 Å². The van der Waals surface area contributed by atoms with E-state index in [9.17, 15) is 4.79 Å². The van der Waals surface area contributed by atoms with Crippen molar-refractivity contribution in [2.24, 2.45) is 0 Å². The zero-order valence-corrected chi connectivity index (χ0v) is 15.9. The monoisotopic (exact) mass is 384 g/mol. The van der Waals surface area contributed by atoms with E-state index < -0.39 is 0 Å². The van der Waals surface area contributed by atoms with Crippen LogP contribution in [0.4, 0.5) is 5.69 Å². The SMILES string of the molecule is COCCn1c(C2CCCN2c2ccncc2Cl)nc2ccccc2c1=O. The van der Waals surface area contributed by atoms with Crippen molar-refractivity contribution in [2.75, 3.05) is 25.2 Å². The smallest absolute Gasteiger partial charge is 0.261 e. The van der Waals surface area contributed by atoms with Crippen LogP contribution in [-0.2, 0) is 11.3 Å². The van der Waals surface area contributed by atoms with Gasteiger partial charge in [0.1, 0.15) is 5.82 Å². The summed E-state index contributed by atoms with van der Waals surface area (Å²) < 4.78 is 6.98. The lowest BCUT2D eigenvalue weighted by Gasteiger charge is -2.29. The lowest BCUT2D eigenvalue weighted by atomic mass is 10.1. The number of ether oxygens (including phenoxy) is 1. The molecule has 3 aromatic rings. The van der Waals surface area contributed by atoms with Gasteiger partial charge in [-0.1, -0.05) is 23.7 Å². The van der Waals surface area contributed by atoms with Gasteiger partial charge in [0.15, 0.2) is 0 Å². The Labute approximate surface area is 162 Å². The Balaban J connectivity index is 1.86. The highest BCUT2D eigenvalue weighted by Gasteiger charge is 2.31. The summed E-state index contributed by atoms with van der Waals surface area (Å²) in [5, 5.41) is 1.24. The van der Waals surface area contributed by atoms with Crippen molar-refractivity contribution in [1.82, 2.24) is 14.5 Å². The Morgan fingerprint density at radius 1 is 1.30 bits per heavy atom. The topological polar surface area (TPSA) is 60.2 Å². The van der Waals surface area contributed by atoms with Crippen LogP contribution in [0.3, 0.4) is 0 Å². The zero-order chi connectivity index (χ0) is 18.8. The molecule has 27 heavy (non-hydrogen) atoms. The number of benzene rings is 1. The summed E-state index contributed by atoms with van der Waals surface area (Å²) in [5.74, 6) is 0.765. The van der Waals surface area contributed by atoms with E-state index in [2.05, 4.69) is 9.88 Å². The second-order valence-corrected chi connectivity index (χ2v) is 7.02. The molecule has 3 heterocycles. The van der Waals surface area contributed by atoms with Crippen LogP contribution in [0.1, 0.15) is 24.7 Å². The van der Waals surface area contributed by atoms with Gasteiger partial charge >= 0.3 is 0 Å². The number of pyridine rings is 1. The van der Waals surface area contributed by atoms with Crippen LogP contribution in [0.2, 0.25) is 5.02 Å². The summed E-state index contributed by atoms with van der Waals surface area (Å²) in [6.45, 7) is 1.79. The van der Waals surface area contributed by atoms with E-state index in [4.69, 9.17) is 21.3 Å². The van der Waals surface area contributed by atoms with Crippen molar-refractivity contribution in [1.29, 1.82) is 0 Å². The lowest BCUT2D eigenvalue weighted by Crippen LogP contribution is -2.33. The normalized spacial score (nSPS) is 17.0. The Kier molecular flexibility index (Phi) is 5.09. The summed E-state index contributed by atoms with van der Waals surface area (Å²) in [5.41, 5.74) is 1.62. The van der Waals surface area contributed by atoms with E-state index >= 15 is 0 Å². The molecule has 0 radical (unpaired) electrons. The summed E-state index contributed by atoms with van der Waals surface area (Å²) in [6.07, 6.45) is 5.31. The maximum atomic E-state index is 13.1. The predicted molar refractivity (Wildman–Crippen MR) is 106 cm³/mol. The Morgan fingerprint density at radius 3 is 2.96 bits per heavy atom. The van der Waals surface area contributed by atoms with E-state index in [1.165, 1.54) is 0 Å². The first-order chi connectivity index (χ1) is 13.2. The standard InChI is InChI=1S/C20H21ClN4O2/c1-27-12-11-25-19(23-16-6-3-2-5-14(16)20(25)26)18-7-4-10-24(18)17-8-9-22-13-15(17)21/h2-3,5-6,8-9,13,18H,4,7,10-12H2,1H3. The quantitative estimate of drug-likeness (QED) is 0.674. The van der Waals surface area contributed by atoms with Crippen LogP contribution in [-0.4, -0.2) is 34.8 Å². The molecule has 0 bridgehead atoms. The number of rotatable bonds is 5. The summed E-state index contributed by atoms with van der Waals surface area (Å²) in [6, 6.07) is 9.39. The number of hydrogen-bond donors (Lipinski definition) is 0. The number of hydrogen-bond acceptors (Lipinski definition) is 5. The minimum Gasteiger partial charge on any atom is -0.383 e. The van der Waals surface area contributed by atoms with E-state index in [1.807, 2.05) is 30.3 Å². The van der Waals surface area contributed by atoms with E-state index in [0.29, 0.717) is 23.6 Å². The van der Waals surface area contributed by atoms with Crippen molar-refractivity contribution < 1.29 is 4.74 Å². The van der Waals surface area contributed by atoms with E-state index in [1.54, 1.807) is 24.1 Å². The molecule has 4 rings (SSSR count). The molecule has 1 fully saturated rings. The molecule has 0 saturated carbocycles. The summed E-state index contributed by atoms with van der Waals surface area (Å²) >= 11 is 6.39. The molecule has 0 aliphatic carbocycles. The molecule has 7 heteroatoms. The van der Waals surface area contributed by atoms with Gasteiger partial charge in [-0.3, -0.25) is 14.3 Å². The van der Waals surface area contributed by atoms with Gasteiger partial charge in [-0.25, -0.2) is 4.98 Å². The fourth-order valence-electron chi connectivity index (χ4n) is 3.76. The number of halogens is 1. The second kappa shape index (κ2) is 7.66. The van der Waals surface area contributed by atoms with Crippen molar-refractivity contribution in [2.45, 2.75) is 25.4 Å². The molecule has 1 saturated heterocycles. The molecule has 1 aliphatic heterocycles. The number of para-hydroxylation sites is 1.